The number of nitrogens with one attached hydrogen (secondary N) is 1. The van der Waals surface area contributed by atoms with Crippen molar-refractivity contribution >= 4 is 17.3 Å². The molecule has 0 amide bonds. The fourth-order valence-electron chi connectivity index (χ4n) is 1.26. The minimum Gasteiger partial charge on any atom is -0.398 e. The van der Waals surface area contributed by atoms with E-state index in [-0.39, 0.29) is 0 Å². The highest BCUT2D eigenvalue weighted by Gasteiger charge is 2.08. The highest BCUT2D eigenvalue weighted by molar-refractivity contribution is 6.33. The number of hydrogen-bond donors (Lipinski definition) is 2. The van der Waals surface area contributed by atoms with Crippen LogP contribution in [0, 0.1) is 5.41 Å². The van der Waals surface area contributed by atoms with Crippen LogP contribution in [0.2, 0.25) is 5.02 Å². The molecule has 1 rings (SSSR count). The maximum atomic E-state index is 5.93. The van der Waals surface area contributed by atoms with Gasteiger partial charge in [0.25, 0.3) is 0 Å². The van der Waals surface area contributed by atoms with Crippen LogP contribution in [0.4, 0.5) is 5.69 Å². The predicted molar refractivity (Wildman–Crippen MR) is 67.0 cm³/mol. The molecule has 1 aromatic rings. The van der Waals surface area contributed by atoms with Gasteiger partial charge >= 0.3 is 0 Å². The van der Waals surface area contributed by atoms with Gasteiger partial charge in [-0.1, -0.05) is 38.4 Å². The summed E-state index contributed by atoms with van der Waals surface area (Å²) in [6.07, 6.45) is 0. The van der Waals surface area contributed by atoms with Crippen LogP contribution in [0.1, 0.15) is 26.3 Å². The predicted octanol–water partition coefficient (Wildman–Crippen LogP) is 3.06. The van der Waals surface area contributed by atoms with Crippen LogP contribution in [-0.4, -0.2) is 6.54 Å². The number of hydrogen-bond acceptors (Lipinski definition) is 2. The third kappa shape index (κ3) is 4.54. The first kappa shape index (κ1) is 12.3. The van der Waals surface area contributed by atoms with Gasteiger partial charge in [-0.25, -0.2) is 0 Å². The summed E-state index contributed by atoms with van der Waals surface area (Å²) >= 11 is 5.93. The summed E-state index contributed by atoms with van der Waals surface area (Å²) < 4.78 is 0. The summed E-state index contributed by atoms with van der Waals surface area (Å²) in [5, 5.41) is 4.02. The normalized spacial score (nSPS) is 11.7. The van der Waals surface area contributed by atoms with Gasteiger partial charge in [-0.15, -0.1) is 0 Å². The first-order valence-corrected chi connectivity index (χ1v) is 5.51. The van der Waals surface area contributed by atoms with Crippen molar-refractivity contribution in [2.45, 2.75) is 27.3 Å². The Bertz CT molecular complexity index is 329. The Morgan fingerprint density at radius 3 is 2.53 bits per heavy atom. The van der Waals surface area contributed by atoms with E-state index in [0.29, 0.717) is 16.1 Å². The lowest BCUT2D eigenvalue weighted by Gasteiger charge is -2.18. The fourth-order valence-corrected chi connectivity index (χ4v) is 1.47. The third-order valence-electron chi connectivity index (χ3n) is 2.05. The number of benzene rings is 1. The number of nitrogen functional groups attached to an aromatic ring is 1. The molecule has 0 atom stereocenters. The topological polar surface area (TPSA) is 38.0 Å². The molecule has 0 aliphatic rings. The number of halogens is 1. The molecule has 3 N–H and O–H groups in total. The van der Waals surface area contributed by atoms with Gasteiger partial charge in [0.2, 0.25) is 0 Å². The molecule has 0 fully saturated rings. The summed E-state index contributed by atoms with van der Waals surface area (Å²) in [6, 6.07) is 5.75. The van der Waals surface area contributed by atoms with Gasteiger partial charge in [0, 0.05) is 13.1 Å². The van der Waals surface area contributed by atoms with Crippen molar-refractivity contribution in [2.24, 2.45) is 5.41 Å². The van der Waals surface area contributed by atoms with Crippen molar-refractivity contribution in [3.63, 3.8) is 0 Å². The average molecular weight is 227 g/mol. The van der Waals surface area contributed by atoms with Crippen LogP contribution >= 0.6 is 11.6 Å². The van der Waals surface area contributed by atoms with E-state index in [9.17, 15) is 0 Å². The summed E-state index contributed by atoms with van der Waals surface area (Å²) in [5.41, 5.74) is 7.74. The van der Waals surface area contributed by atoms with Crippen molar-refractivity contribution in [2.75, 3.05) is 12.3 Å². The molecular weight excluding hydrogens is 208 g/mol. The van der Waals surface area contributed by atoms with Crippen LogP contribution in [-0.2, 0) is 6.54 Å². The minimum atomic E-state index is 0.303. The summed E-state index contributed by atoms with van der Waals surface area (Å²) in [4.78, 5) is 0. The SMILES string of the molecule is CC(C)(C)CNCc1ccc(N)c(Cl)c1. The second kappa shape index (κ2) is 4.86. The van der Waals surface area contributed by atoms with E-state index in [1.807, 2.05) is 18.2 Å². The second-order valence-electron chi connectivity index (χ2n) is 5.02. The monoisotopic (exact) mass is 226 g/mol. The van der Waals surface area contributed by atoms with Crippen molar-refractivity contribution in [1.29, 1.82) is 0 Å². The third-order valence-corrected chi connectivity index (χ3v) is 2.38. The molecule has 0 unspecified atom stereocenters. The first-order chi connectivity index (χ1) is 6.88. The molecular formula is C12H19ClN2. The Kier molecular flexibility index (Phi) is 4.00. The van der Waals surface area contributed by atoms with Crippen molar-refractivity contribution in [3.05, 3.63) is 28.8 Å². The van der Waals surface area contributed by atoms with Gasteiger partial charge in [-0.2, -0.15) is 0 Å². The number of nitrogens with two attached hydrogens (primary N) is 1. The minimum absolute atomic E-state index is 0.303. The van der Waals surface area contributed by atoms with Gasteiger partial charge in [0.1, 0.15) is 0 Å². The zero-order valence-corrected chi connectivity index (χ0v) is 10.4. The maximum Gasteiger partial charge on any atom is 0.0638 e. The fraction of sp³-hybridized carbons (Fsp3) is 0.500. The van der Waals surface area contributed by atoms with Crippen LogP contribution in [0.15, 0.2) is 18.2 Å². The highest BCUT2D eigenvalue weighted by Crippen LogP contribution is 2.19. The molecule has 0 radical (unpaired) electrons. The smallest absolute Gasteiger partial charge is 0.0638 e. The molecule has 1 aromatic carbocycles. The lowest BCUT2D eigenvalue weighted by atomic mass is 9.97. The van der Waals surface area contributed by atoms with Gasteiger partial charge in [-0.3, -0.25) is 0 Å². The van der Waals surface area contributed by atoms with Gasteiger partial charge in [-0.05, 0) is 23.1 Å². The molecule has 2 nitrogen and oxygen atoms in total. The van der Waals surface area contributed by atoms with E-state index in [4.69, 9.17) is 17.3 Å². The first-order valence-electron chi connectivity index (χ1n) is 5.13. The molecule has 0 saturated carbocycles. The number of rotatable bonds is 3. The quantitative estimate of drug-likeness (QED) is 0.778. The van der Waals surface area contributed by atoms with E-state index in [0.717, 1.165) is 13.1 Å². The summed E-state index contributed by atoms with van der Waals surface area (Å²) in [6.45, 7) is 8.42. The number of anilines is 1. The Morgan fingerprint density at radius 1 is 1.33 bits per heavy atom. The zero-order chi connectivity index (χ0) is 11.5. The van der Waals surface area contributed by atoms with Crippen molar-refractivity contribution in [3.8, 4) is 0 Å². The molecule has 0 aliphatic heterocycles. The molecule has 3 heteroatoms. The zero-order valence-electron chi connectivity index (χ0n) is 9.60. The Labute approximate surface area is 96.8 Å². The van der Waals surface area contributed by atoms with E-state index in [1.165, 1.54) is 5.56 Å². The van der Waals surface area contributed by atoms with Crippen LogP contribution in [0.3, 0.4) is 0 Å². The van der Waals surface area contributed by atoms with Crippen LogP contribution < -0.4 is 11.1 Å². The molecule has 0 aromatic heterocycles. The Balaban J connectivity index is 2.48. The Morgan fingerprint density at radius 2 is 2.00 bits per heavy atom. The molecule has 0 bridgehead atoms. The molecule has 0 spiro atoms. The van der Waals surface area contributed by atoms with E-state index >= 15 is 0 Å². The largest absolute Gasteiger partial charge is 0.398 e. The van der Waals surface area contributed by atoms with E-state index < -0.39 is 0 Å². The lowest BCUT2D eigenvalue weighted by Crippen LogP contribution is -2.26. The maximum absolute atomic E-state index is 5.93. The summed E-state index contributed by atoms with van der Waals surface area (Å²) in [5.74, 6) is 0. The molecule has 0 heterocycles. The van der Waals surface area contributed by atoms with Gasteiger partial charge in [0.05, 0.1) is 10.7 Å². The van der Waals surface area contributed by atoms with Crippen molar-refractivity contribution < 1.29 is 0 Å². The Hall–Kier alpha value is -0.730. The van der Waals surface area contributed by atoms with Crippen LogP contribution in [0.5, 0.6) is 0 Å². The summed E-state index contributed by atoms with van der Waals surface area (Å²) in [7, 11) is 0. The molecule has 0 saturated heterocycles. The molecule has 0 aliphatic carbocycles. The highest BCUT2D eigenvalue weighted by atomic mass is 35.5. The molecule has 15 heavy (non-hydrogen) atoms. The van der Waals surface area contributed by atoms with Gasteiger partial charge < -0.3 is 11.1 Å². The van der Waals surface area contributed by atoms with E-state index in [1.54, 1.807) is 0 Å². The lowest BCUT2D eigenvalue weighted by molar-refractivity contribution is 0.379. The average Bonchev–Trinajstić information content (AvgIpc) is 2.09. The van der Waals surface area contributed by atoms with Crippen LogP contribution in [0.25, 0.3) is 0 Å². The standard InChI is InChI=1S/C12H19ClN2/c1-12(2,3)8-15-7-9-4-5-11(14)10(13)6-9/h4-6,15H,7-8,14H2,1-3H3. The van der Waals surface area contributed by atoms with Gasteiger partial charge in [0.15, 0.2) is 0 Å². The van der Waals surface area contributed by atoms with Crippen molar-refractivity contribution in [1.82, 2.24) is 5.32 Å². The second-order valence-corrected chi connectivity index (χ2v) is 5.43. The molecule has 84 valence electrons. The van der Waals surface area contributed by atoms with E-state index in [2.05, 4.69) is 26.1 Å².